The minimum atomic E-state index is -0.157. The first-order chi connectivity index (χ1) is 10.8. The molecule has 3 rings (SSSR count). The van der Waals surface area contributed by atoms with Crippen LogP contribution in [-0.2, 0) is 4.74 Å². The quantitative estimate of drug-likeness (QED) is 0.831. The van der Waals surface area contributed by atoms with Gasteiger partial charge >= 0.3 is 0 Å². The van der Waals surface area contributed by atoms with Crippen molar-refractivity contribution in [3.63, 3.8) is 0 Å². The first-order valence-corrected chi connectivity index (χ1v) is 8.58. The van der Waals surface area contributed by atoms with E-state index in [-0.39, 0.29) is 5.82 Å². The van der Waals surface area contributed by atoms with Crippen LogP contribution < -0.4 is 4.90 Å². The van der Waals surface area contributed by atoms with Crippen LogP contribution in [0.15, 0.2) is 24.3 Å². The molecule has 2 aliphatic heterocycles. The Bertz CT molecular complexity index is 457. The Hall–Kier alpha value is -1.13. The third-order valence-corrected chi connectivity index (χ3v) is 5.08. The molecule has 1 atom stereocenters. The fourth-order valence-electron chi connectivity index (χ4n) is 3.70. The Balaban J connectivity index is 1.48. The molecule has 0 radical (unpaired) electrons. The van der Waals surface area contributed by atoms with Crippen molar-refractivity contribution in [2.45, 2.75) is 32.2 Å². The maximum atomic E-state index is 13.0. The maximum Gasteiger partial charge on any atom is 0.123 e. The summed E-state index contributed by atoms with van der Waals surface area (Å²) in [4.78, 5) is 5.03. The summed E-state index contributed by atoms with van der Waals surface area (Å²) in [6.45, 7) is 8.36. The normalized spacial score (nSPS) is 24.1. The molecule has 2 saturated heterocycles. The molecule has 0 unspecified atom stereocenters. The minimum absolute atomic E-state index is 0.157. The van der Waals surface area contributed by atoms with E-state index < -0.39 is 0 Å². The first-order valence-electron chi connectivity index (χ1n) is 8.58. The van der Waals surface area contributed by atoms with E-state index in [2.05, 4.69) is 16.7 Å². The van der Waals surface area contributed by atoms with E-state index in [4.69, 9.17) is 4.74 Å². The van der Waals surface area contributed by atoms with Gasteiger partial charge in [-0.1, -0.05) is 0 Å². The summed E-state index contributed by atoms with van der Waals surface area (Å²) >= 11 is 0. The summed E-state index contributed by atoms with van der Waals surface area (Å²) in [7, 11) is 0. The zero-order valence-electron chi connectivity index (χ0n) is 13.5. The number of nitrogens with zero attached hydrogens (tertiary/aromatic N) is 2. The van der Waals surface area contributed by atoms with Gasteiger partial charge in [0.2, 0.25) is 0 Å². The average molecular weight is 306 g/mol. The van der Waals surface area contributed by atoms with Crippen LogP contribution in [0.1, 0.15) is 26.2 Å². The molecule has 0 aromatic heterocycles. The van der Waals surface area contributed by atoms with Crippen molar-refractivity contribution in [1.82, 2.24) is 4.90 Å². The summed E-state index contributed by atoms with van der Waals surface area (Å²) in [5.74, 6) is 0.585. The van der Waals surface area contributed by atoms with Crippen LogP contribution in [0.2, 0.25) is 0 Å². The Kier molecular flexibility index (Phi) is 5.32. The molecule has 0 spiro atoms. The van der Waals surface area contributed by atoms with Crippen molar-refractivity contribution < 1.29 is 9.13 Å². The smallest absolute Gasteiger partial charge is 0.123 e. The van der Waals surface area contributed by atoms with Gasteiger partial charge in [-0.3, -0.25) is 4.90 Å². The number of rotatable bonds is 5. The van der Waals surface area contributed by atoms with E-state index in [0.717, 1.165) is 37.9 Å². The highest BCUT2D eigenvalue weighted by molar-refractivity contribution is 5.47. The molecule has 3 nitrogen and oxygen atoms in total. The number of piperidine rings is 1. The number of halogens is 1. The molecule has 2 fully saturated rings. The predicted molar refractivity (Wildman–Crippen MR) is 87.8 cm³/mol. The van der Waals surface area contributed by atoms with Crippen molar-refractivity contribution in [2.75, 3.05) is 44.3 Å². The number of hydrogen-bond acceptors (Lipinski definition) is 3. The van der Waals surface area contributed by atoms with E-state index in [0.29, 0.717) is 6.04 Å². The van der Waals surface area contributed by atoms with Gasteiger partial charge in [-0.25, -0.2) is 4.39 Å². The molecule has 1 aromatic rings. The van der Waals surface area contributed by atoms with Crippen LogP contribution in [0.4, 0.5) is 10.1 Å². The van der Waals surface area contributed by atoms with Crippen LogP contribution in [0.5, 0.6) is 0 Å². The monoisotopic (exact) mass is 306 g/mol. The van der Waals surface area contributed by atoms with E-state index in [9.17, 15) is 4.39 Å². The molecule has 0 amide bonds. The lowest BCUT2D eigenvalue weighted by molar-refractivity contribution is 0.0638. The third-order valence-electron chi connectivity index (χ3n) is 5.08. The summed E-state index contributed by atoms with van der Waals surface area (Å²) < 4.78 is 18.6. The highest BCUT2D eigenvalue weighted by Crippen LogP contribution is 2.26. The van der Waals surface area contributed by atoms with E-state index in [1.165, 1.54) is 32.4 Å². The maximum absolute atomic E-state index is 13.0. The highest BCUT2D eigenvalue weighted by Gasteiger charge is 2.30. The van der Waals surface area contributed by atoms with Gasteiger partial charge in [-0.15, -0.1) is 0 Å². The summed E-state index contributed by atoms with van der Waals surface area (Å²) in [5.41, 5.74) is 1.15. The molecule has 0 saturated carbocycles. The molecule has 1 aromatic carbocycles. The number of anilines is 1. The third kappa shape index (κ3) is 3.79. The summed E-state index contributed by atoms with van der Waals surface area (Å²) in [5, 5.41) is 0. The van der Waals surface area contributed by atoms with Gasteiger partial charge in [0.05, 0.1) is 0 Å². The number of ether oxygens (including phenoxy) is 1. The van der Waals surface area contributed by atoms with Gasteiger partial charge in [-0.05, 0) is 69.5 Å². The lowest BCUT2D eigenvalue weighted by atomic mass is 9.96. The van der Waals surface area contributed by atoms with E-state index >= 15 is 0 Å². The Morgan fingerprint density at radius 2 is 1.82 bits per heavy atom. The molecular formula is C18H27FN2O. The SMILES string of the molecule is CCOCC1CCN([C@H]2CCN(c3ccc(F)cc3)C2)CC1. The summed E-state index contributed by atoms with van der Waals surface area (Å²) in [6.07, 6.45) is 3.73. The second-order valence-electron chi connectivity index (χ2n) is 6.50. The van der Waals surface area contributed by atoms with Crippen LogP contribution in [0, 0.1) is 11.7 Å². The minimum Gasteiger partial charge on any atom is -0.381 e. The van der Waals surface area contributed by atoms with Crippen LogP contribution in [0.25, 0.3) is 0 Å². The summed E-state index contributed by atoms with van der Waals surface area (Å²) in [6, 6.07) is 7.56. The molecule has 2 heterocycles. The van der Waals surface area contributed by atoms with Gasteiger partial charge < -0.3 is 9.64 Å². The van der Waals surface area contributed by atoms with Gasteiger partial charge in [0.15, 0.2) is 0 Å². The topological polar surface area (TPSA) is 15.7 Å². The fourth-order valence-corrected chi connectivity index (χ4v) is 3.70. The van der Waals surface area contributed by atoms with Crippen LogP contribution >= 0.6 is 0 Å². The zero-order valence-corrected chi connectivity index (χ0v) is 13.5. The Labute approximate surface area is 133 Å². The lowest BCUT2D eigenvalue weighted by Gasteiger charge is -2.36. The Morgan fingerprint density at radius 1 is 1.09 bits per heavy atom. The van der Waals surface area contributed by atoms with Crippen molar-refractivity contribution in [2.24, 2.45) is 5.92 Å². The number of hydrogen-bond donors (Lipinski definition) is 0. The second kappa shape index (κ2) is 7.42. The second-order valence-corrected chi connectivity index (χ2v) is 6.50. The van der Waals surface area contributed by atoms with Gasteiger partial charge in [0.1, 0.15) is 5.82 Å². The standard InChI is InChI=1S/C18H27FN2O/c1-2-22-14-15-7-10-20(11-8-15)18-9-12-21(13-18)17-5-3-16(19)4-6-17/h3-6,15,18H,2,7-14H2,1H3/t18-/m0/s1. The van der Waals surface area contributed by atoms with E-state index in [1.54, 1.807) is 12.1 Å². The molecule has 2 aliphatic rings. The van der Waals surface area contributed by atoms with Gasteiger partial charge in [0.25, 0.3) is 0 Å². The predicted octanol–water partition coefficient (Wildman–Crippen LogP) is 3.15. The molecule has 4 heteroatoms. The molecule has 0 bridgehead atoms. The molecule has 0 aliphatic carbocycles. The fraction of sp³-hybridized carbons (Fsp3) is 0.667. The van der Waals surface area contributed by atoms with Crippen molar-refractivity contribution in [1.29, 1.82) is 0 Å². The molecule has 22 heavy (non-hydrogen) atoms. The van der Waals surface area contributed by atoms with Gasteiger partial charge in [0, 0.05) is 38.0 Å². The number of likely N-dealkylation sites (tertiary alicyclic amines) is 1. The molecule has 122 valence electrons. The highest BCUT2D eigenvalue weighted by atomic mass is 19.1. The molecular weight excluding hydrogens is 279 g/mol. The zero-order chi connectivity index (χ0) is 15.4. The van der Waals surface area contributed by atoms with Crippen LogP contribution in [0.3, 0.4) is 0 Å². The first kappa shape index (κ1) is 15.8. The van der Waals surface area contributed by atoms with Gasteiger partial charge in [-0.2, -0.15) is 0 Å². The van der Waals surface area contributed by atoms with Crippen molar-refractivity contribution in [3.8, 4) is 0 Å². The van der Waals surface area contributed by atoms with Crippen LogP contribution in [-0.4, -0.2) is 50.3 Å². The lowest BCUT2D eigenvalue weighted by Crippen LogP contribution is -2.43. The Morgan fingerprint density at radius 3 is 2.50 bits per heavy atom. The average Bonchev–Trinajstić information content (AvgIpc) is 3.04. The van der Waals surface area contributed by atoms with Crippen molar-refractivity contribution >= 4 is 5.69 Å². The van der Waals surface area contributed by atoms with Crippen molar-refractivity contribution in [3.05, 3.63) is 30.1 Å². The largest absolute Gasteiger partial charge is 0.381 e. The number of benzene rings is 1. The van der Waals surface area contributed by atoms with E-state index in [1.807, 2.05) is 12.1 Å². The molecule has 0 N–H and O–H groups in total.